The zero-order valence-electron chi connectivity index (χ0n) is 17.5. The van der Waals surface area contributed by atoms with Crippen LogP contribution in [-0.2, 0) is 11.3 Å². The van der Waals surface area contributed by atoms with Gasteiger partial charge in [-0.15, -0.1) is 0 Å². The molecule has 1 saturated heterocycles. The Morgan fingerprint density at radius 3 is 2.61 bits per heavy atom. The van der Waals surface area contributed by atoms with Crippen LogP contribution in [-0.4, -0.2) is 52.6 Å². The quantitative estimate of drug-likeness (QED) is 0.694. The average molecular weight is 440 g/mol. The van der Waals surface area contributed by atoms with Crippen molar-refractivity contribution in [2.24, 2.45) is 0 Å². The number of carbonyl (C=O) groups excluding carboxylic acids is 1. The van der Waals surface area contributed by atoms with Crippen molar-refractivity contribution in [2.75, 3.05) is 18.4 Å². The zero-order chi connectivity index (χ0) is 23.0. The van der Waals surface area contributed by atoms with Gasteiger partial charge in [0, 0.05) is 23.8 Å². The van der Waals surface area contributed by atoms with Crippen LogP contribution in [0.2, 0.25) is 0 Å². The lowest BCUT2D eigenvalue weighted by atomic mass is 10.0. The van der Waals surface area contributed by atoms with E-state index in [1.807, 2.05) is 6.07 Å². The molecule has 168 valence electrons. The number of hydrogen-bond acceptors (Lipinski definition) is 4. The van der Waals surface area contributed by atoms with Gasteiger partial charge in [-0.1, -0.05) is 0 Å². The molecule has 2 heterocycles. The predicted octanol–water partition coefficient (Wildman–Crippen LogP) is 4.83. The van der Waals surface area contributed by atoms with Crippen LogP contribution < -0.4 is 5.32 Å². The van der Waals surface area contributed by atoms with E-state index < -0.39 is 36.6 Å². The van der Waals surface area contributed by atoms with Gasteiger partial charge in [0.2, 0.25) is 0 Å². The van der Waals surface area contributed by atoms with E-state index in [-0.39, 0.29) is 30.6 Å². The molecule has 31 heavy (non-hydrogen) atoms. The highest BCUT2D eigenvalue weighted by Gasteiger charge is 2.34. The Morgan fingerprint density at radius 2 is 2.03 bits per heavy atom. The first-order valence-electron chi connectivity index (χ1n) is 9.84. The van der Waals surface area contributed by atoms with Crippen molar-refractivity contribution in [2.45, 2.75) is 57.7 Å². The molecule has 2 unspecified atom stereocenters. The Balaban J connectivity index is 1.79. The zero-order valence-corrected chi connectivity index (χ0v) is 17.5. The van der Waals surface area contributed by atoms with Crippen molar-refractivity contribution in [3.05, 3.63) is 30.0 Å². The summed E-state index contributed by atoms with van der Waals surface area (Å²) in [5, 5.41) is 12.8. The number of aromatic nitrogens is 1. The minimum Gasteiger partial charge on any atom is -0.444 e. The van der Waals surface area contributed by atoms with Crippen LogP contribution in [0.3, 0.4) is 0 Å². The summed E-state index contributed by atoms with van der Waals surface area (Å²) in [7, 11) is 0. The summed E-state index contributed by atoms with van der Waals surface area (Å²) >= 11 is 0. The third-order valence-electron chi connectivity index (χ3n) is 4.90. The smallest absolute Gasteiger partial charge is 0.410 e. The van der Waals surface area contributed by atoms with Gasteiger partial charge in [0.1, 0.15) is 18.3 Å². The average Bonchev–Trinajstić information content (AvgIpc) is 3.03. The van der Waals surface area contributed by atoms with E-state index in [0.29, 0.717) is 11.1 Å². The number of fused-ring (bicyclic) bond motifs is 1. The minimum absolute atomic E-state index is 0.164. The molecule has 1 amide bonds. The third kappa shape index (κ3) is 5.60. The maximum absolute atomic E-state index is 14.9. The second kappa shape index (κ2) is 8.29. The molecular weight excluding hydrogens is 416 g/mol. The largest absolute Gasteiger partial charge is 0.444 e. The van der Waals surface area contributed by atoms with Gasteiger partial charge in [-0.3, -0.25) is 0 Å². The lowest BCUT2D eigenvalue weighted by Gasteiger charge is -2.36. The Labute approximate surface area is 177 Å². The number of halogens is 4. The molecule has 1 aliphatic rings. The molecule has 0 bridgehead atoms. The number of nitriles is 1. The molecular formula is C21H24F4N4O2. The number of hydrogen-bond donors (Lipinski definition) is 1. The van der Waals surface area contributed by atoms with Crippen molar-refractivity contribution in [3.8, 4) is 6.07 Å². The van der Waals surface area contributed by atoms with E-state index in [1.54, 1.807) is 20.8 Å². The van der Waals surface area contributed by atoms with E-state index in [0.717, 1.165) is 4.57 Å². The number of ether oxygens (including phenoxy) is 1. The van der Waals surface area contributed by atoms with Gasteiger partial charge in [-0.05, 0) is 45.4 Å². The van der Waals surface area contributed by atoms with Crippen LogP contribution in [0, 0.1) is 11.3 Å². The summed E-state index contributed by atoms with van der Waals surface area (Å²) in [6.07, 6.45) is -4.85. The normalized spacial score (nSPS) is 19.9. The summed E-state index contributed by atoms with van der Waals surface area (Å²) in [4.78, 5) is 13.5. The summed E-state index contributed by atoms with van der Waals surface area (Å²) in [5.41, 5.74) is 0.0952. The highest BCUT2D eigenvalue weighted by molar-refractivity contribution is 5.94. The number of amides is 1. The first kappa shape index (κ1) is 22.7. The van der Waals surface area contributed by atoms with E-state index in [9.17, 15) is 27.6 Å². The van der Waals surface area contributed by atoms with Crippen LogP contribution in [0.15, 0.2) is 24.4 Å². The van der Waals surface area contributed by atoms with Gasteiger partial charge < -0.3 is 19.5 Å². The SMILES string of the molecule is CC(C)(C)OC(=O)N1CCC(Nc2cc(C#N)cc3c2ccn3CC(F)(F)F)C(F)C1. The molecule has 0 spiro atoms. The molecule has 1 N–H and O–H groups in total. The first-order valence-corrected chi connectivity index (χ1v) is 9.84. The fraction of sp³-hybridized carbons (Fsp3) is 0.524. The Bertz CT molecular complexity index is 1000. The summed E-state index contributed by atoms with van der Waals surface area (Å²) < 4.78 is 59.7. The van der Waals surface area contributed by atoms with Crippen molar-refractivity contribution in [1.82, 2.24) is 9.47 Å². The van der Waals surface area contributed by atoms with Crippen LogP contribution in [0.4, 0.5) is 28.0 Å². The second-order valence-electron chi connectivity index (χ2n) is 8.61. The maximum Gasteiger partial charge on any atom is 0.410 e. The van der Waals surface area contributed by atoms with Crippen LogP contribution >= 0.6 is 0 Å². The molecule has 0 radical (unpaired) electrons. The number of rotatable bonds is 3. The molecule has 3 rings (SSSR count). The Hall–Kier alpha value is -2.96. The first-order chi connectivity index (χ1) is 14.4. The number of anilines is 1. The standard InChI is InChI=1S/C21H24F4N4O2/c1-20(2,3)31-19(30)28-7-5-16(15(22)11-28)27-17-8-13(10-26)9-18-14(17)4-6-29(18)12-21(23,24)25/h4,6,8-9,15-16,27H,5,7,11-12H2,1-3H3. The third-order valence-corrected chi connectivity index (χ3v) is 4.90. The van der Waals surface area contributed by atoms with Gasteiger partial charge >= 0.3 is 12.3 Å². The molecule has 0 aliphatic carbocycles. The molecule has 1 aromatic heterocycles. The number of nitrogens with one attached hydrogen (secondary N) is 1. The fourth-order valence-electron chi connectivity index (χ4n) is 3.57. The number of alkyl halides is 4. The molecule has 1 aliphatic heterocycles. The molecule has 2 aromatic rings. The predicted molar refractivity (Wildman–Crippen MR) is 107 cm³/mol. The molecule has 1 aromatic carbocycles. The van der Waals surface area contributed by atoms with Crippen molar-refractivity contribution >= 4 is 22.7 Å². The lowest BCUT2D eigenvalue weighted by Crippen LogP contribution is -2.51. The molecule has 1 fully saturated rings. The van der Waals surface area contributed by atoms with Crippen molar-refractivity contribution in [1.29, 1.82) is 5.26 Å². The number of benzene rings is 1. The van der Waals surface area contributed by atoms with Crippen LogP contribution in [0.1, 0.15) is 32.8 Å². The number of nitrogens with zero attached hydrogens (tertiary/aromatic N) is 3. The second-order valence-corrected chi connectivity index (χ2v) is 8.61. The van der Waals surface area contributed by atoms with Crippen molar-refractivity contribution in [3.63, 3.8) is 0 Å². The fourth-order valence-corrected chi connectivity index (χ4v) is 3.57. The van der Waals surface area contributed by atoms with Gasteiger partial charge in [0.25, 0.3) is 0 Å². The van der Waals surface area contributed by atoms with Gasteiger partial charge in [0.15, 0.2) is 0 Å². The van der Waals surface area contributed by atoms with Gasteiger partial charge in [-0.2, -0.15) is 18.4 Å². The highest BCUT2D eigenvalue weighted by atomic mass is 19.4. The van der Waals surface area contributed by atoms with E-state index in [4.69, 9.17) is 4.74 Å². The lowest BCUT2D eigenvalue weighted by molar-refractivity contribution is -0.139. The van der Waals surface area contributed by atoms with Gasteiger partial charge in [0.05, 0.1) is 29.7 Å². The number of carbonyl (C=O) groups is 1. The highest BCUT2D eigenvalue weighted by Crippen LogP contribution is 2.31. The molecule has 2 atom stereocenters. The van der Waals surface area contributed by atoms with Gasteiger partial charge in [-0.25, -0.2) is 9.18 Å². The maximum atomic E-state index is 14.9. The molecule has 6 nitrogen and oxygen atoms in total. The van der Waals surface area contributed by atoms with Crippen LogP contribution in [0.25, 0.3) is 10.9 Å². The van der Waals surface area contributed by atoms with E-state index in [2.05, 4.69) is 5.32 Å². The Kier molecular flexibility index (Phi) is 6.07. The summed E-state index contributed by atoms with van der Waals surface area (Å²) in [5.74, 6) is 0. The van der Waals surface area contributed by atoms with E-state index in [1.165, 1.54) is 29.3 Å². The van der Waals surface area contributed by atoms with Crippen molar-refractivity contribution < 1.29 is 27.1 Å². The van der Waals surface area contributed by atoms with E-state index >= 15 is 0 Å². The Morgan fingerprint density at radius 1 is 1.32 bits per heavy atom. The monoisotopic (exact) mass is 440 g/mol. The minimum atomic E-state index is -4.42. The molecule has 10 heteroatoms. The summed E-state index contributed by atoms with van der Waals surface area (Å²) in [6.45, 7) is 4.09. The number of likely N-dealkylation sites (tertiary alicyclic amines) is 1. The number of piperidine rings is 1. The topological polar surface area (TPSA) is 70.3 Å². The van der Waals surface area contributed by atoms with Crippen LogP contribution in [0.5, 0.6) is 0 Å². The molecule has 0 saturated carbocycles. The summed E-state index contributed by atoms with van der Waals surface area (Å²) in [6, 6.07) is 5.65.